The van der Waals surface area contributed by atoms with Crippen molar-refractivity contribution < 1.29 is 17.9 Å². The maximum absolute atomic E-state index is 13.0. The highest BCUT2D eigenvalue weighted by atomic mass is 32.2. The number of fused-ring (bicyclic) bond motifs is 1. The molecule has 3 aromatic heterocycles. The average molecular weight is 511 g/mol. The van der Waals surface area contributed by atoms with Crippen molar-refractivity contribution in [2.75, 3.05) is 6.61 Å². The number of benzene rings is 1. The van der Waals surface area contributed by atoms with Gasteiger partial charge in [-0.15, -0.1) is 0 Å². The van der Waals surface area contributed by atoms with Crippen LogP contribution in [0.1, 0.15) is 42.9 Å². The number of hydrogen-bond acceptors (Lipinski definition) is 8. The van der Waals surface area contributed by atoms with Gasteiger partial charge in [0.25, 0.3) is 21.5 Å². The van der Waals surface area contributed by atoms with Crippen molar-refractivity contribution in [2.24, 2.45) is 7.05 Å². The zero-order valence-corrected chi connectivity index (χ0v) is 20.9. The lowest BCUT2D eigenvalue weighted by molar-refractivity contribution is 0.0976. The standard InChI is InChI=1S/C24H26N6O5S/c1-4-8-17-20-21(30(3)28-17)24(32)27-22(26-20)16-14-15(10-11-19(16)35-13-5-2)36(33,34)29-23(31)18-9-6-7-12-25-18/h6-7,9-12,14H,4-5,8,13H2,1-3H3,(H,29,31)(H,26,27,32). The van der Waals surface area contributed by atoms with Crippen LogP contribution in [0.4, 0.5) is 0 Å². The fourth-order valence-electron chi connectivity index (χ4n) is 3.71. The number of nitrogens with one attached hydrogen (secondary N) is 2. The normalized spacial score (nSPS) is 11.5. The number of hydrogen-bond donors (Lipinski definition) is 2. The summed E-state index contributed by atoms with van der Waals surface area (Å²) in [6.07, 6.45) is 3.54. The van der Waals surface area contributed by atoms with E-state index in [1.165, 1.54) is 35.1 Å². The number of aryl methyl sites for hydroxylation is 2. The molecule has 12 heteroatoms. The Morgan fingerprint density at radius 2 is 1.97 bits per heavy atom. The van der Waals surface area contributed by atoms with Crippen LogP contribution in [-0.2, 0) is 23.5 Å². The van der Waals surface area contributed by atoms with Crippen LogP contribution in [-0.4, -0.2) is 45.7 Å². The zero-order valence-electron chi connectivity index (χ0n) is 20.1. The summed E-state index contributed by atoms with van der Waals surface area (Å²) in [6.45, 7) is 4.30. The summed E-state index contributed by atoms with van der Waals surface area (Å²) in [7, 11) is -2.60. The molecule has 11 nitrogen and oxygen atoms in total. The summed E-state index contributed by atoms with van der Waals surface area (Å²) in [6, 6.07) is 8.72. The molecule has 0 spiro atoms. The van der Waals surface area contributed by atoms with Crippen LogP contribution in [0.25, 0.3) is 22.4 Å². The number of nitrogens with zero attached hydrogens (tertiary/aromatic N) is 4. The lowest BCUT2D eigenvalue weighted by Gasteiger charge is -2.13. The van der Waals surface area contributed by atoms with E-state index in [0.29, 0.717) is 41.9 Å². The summed E-state index contributed by atoms with van der Waals surface area (Å²) in [5.41, 5.74) is 1.25. The molecule has 0 bridgehead atoms. The fraction of sp³-hybridized carbons (Fsp3) is 0.292. The predicted molar refractivity (Wildman–Crippen MR) is 133 cm³/mol. The van der Waals surface area contributed by atoms with Gasteiger partial charge in [0, 0.05) is 13.2 Å². The summed E-state index contributed by atoms with van der Waals surface area (Å²) in [5.74, 6) is -0.386. The molecule has 0 fully saturated rings. The van der Waals surface area contributed by atoms with Gasteiger partial charge in [-0.2, -0.15) is 5.10 Å². The van der Waals surface area contributed by atoms with Crippen LogP contribution in [0.2, 0.25) is 0 Å². The maximum Gasteiger partial charge on any atom is 0.283 e. The molecular weight excluding hydrogens is 484 g/mol. The monoisotopic (exact) mass is 510 g/mol. The third-order valence-corrected chi connectivity index (χ3v) is 6.68. The molecule has 1 amide bonds. The summed E-state index contributed by atoms with van der Waals surface area (Å²) in [5, 5.41) is 4.42. The lowest BCUT2D eigenvalue weighted by atomic mass is 10.1. The number of aromatic nitrogens is 5. The van der Waals surface area contributed by atoms with E-state index in [1.807, 2.05) is 18.6 Å². The number of pyridine rings is 1. The first kappa shape index (κ1) is 25.0. The number of amides is 1. The molecule has 3 heterocycles. The van der Waals surface area contributed by atoms with Crippen molar-refractivity contribution in [2.45, 2.75) is 38.0 Å². The van der Waals surface area contributed by atoms with Gasteiger partial charge < -0.3 is 9.72 Å². The van der Waals surface area contributed by atoms with E-state index in [1.54, 1.807) is 19.2 Å². The van der Waals surface area contributed by atoms with Crippen LogP contribution in [0.3, 0.4) is 0 Å². The smallest absolute Gasteiger partial charge is 0.283 e. The van der Waals surface area contributed by atoms with Gasteiger partial charge in [0.15, 0.2) is 5.52 Å². The van der Waals surface area contributed by atoms with Gasteiger partial charge in [-0.1, -0.05) is 26.3 Å². The van der Waals surface area contributed by atoms with Crippen molar-refractivity contribution in [3.05, 3.63) is 64.3 Å². The van der Waals surface area contributed by atoms with Crippen molar-refractivity contribution in [1.82, 2.24) is 29.5 Å². The van der Waals surface area contributed by atoms with Gasteiger partial charge >= 0.3 is 0 Å². The predicted octanol–water partition coefficient (Wildman–Crippen LogP) is 2.58. The minimum absolute atomic E-state index is 0.0410. The van der Waals surface area contributed by atoms with Gasteiger partial charge in [0.05, 0.1) is 22.8 Å². The first-order valence-electron chi connectivity index (χ1n) is 11.5. The average Bonchev–Trinajstić information content (AvgIpc) is 3.18. The van der Waals surface area contributed by atoms with Gasteiger partial charge in [-0.3, -0.25) is 19.3 Å². The third-order valence-electron chi connectivity index (χ3n) is 5.35. The molecule has 0 saturated heterocycles. The van der Waals surface area contributed by atoms with Crippen molar-refractivity contribution in [3.8, 4) is 17.1 Å². The van der Waals surface area contributed by atoms with Gasteiger partial charge in [0.1, 0.15) is 22.8 Å². The molecule has 0 unspecified atom stereocenters. The van der Waals surface area contributed by atoms with Crippen LogP contribution in [0, 0.1) is 0 Å². The van der Waals surface area contributed by atoms with E-state index in [2.05, 4.69) is 20.1 Å². The largest absolute Gasteiger partial charge is 0.493 e. The second-order valence-corrected chi connectivity index (χ2v) is 9.77. The number of rotatable bonds is 9. The van der Waals surface area contributed by atoms with E-state index >= 15 is 0 Å². The molecule has 2 N–H and O–H groups in total. The molecule has 4 rings (SSSR count). The maximum atomic E-state index is 13.0. The van der Waals surface area contributed by atoms with E-state index in [0.717, 1.165) is 6.42 Å². The van der Waals surface area contributed by atoms with Crippen LogP contribution < -0.4 is 15.0 Å². The van der Waals surface area contributed by atoms with E-state index in [9.17, 15) is 18.0 Å². The fourth-order valence-corrected chi connectivity index (χ4v) is 4.70. The molecule has 4 aromatic rings. The molecule has 0 atom stereocenters. The first-order chi connectivity index (χ1) is 17.2. The number of aromatic amines is 1. The van der Waals surface area contributed by atoms with E-state index in [4.69, 9.17) is 4.74 Å². The number of H-pyrrole nitrogens is 1. The lowest BCUT2D eigenvalue weighted by Crippen LogP contribution is -2.31. The summed E-state index contributed by atoms with van der Waals surface area (Å²) in [4.78, 5) is 36.4. The van der Waals surface area contributed by atoms with Crippen LogP contribution >= 0.6 is 0 Å². The molecule has 0 radical (unpaired) electrons. The van der Waals surface area contributed by atoms with Gasteiger partial charge in [0.2, 0.25) is 0 Å². The zero-order chi connectivity index (χ0) is 25.9. The first-order valence-corrected chi connectivity index (χ1v) is 12.9. The topological polar surface area (TPSA) is 149 Å². The van der Waals surface area contributed by atoms with Crippen molar-refractivity contribution in [3.63, 3.8) is 0 Å². The molecule has 188 valence electrons. The number of carbonyl (C=O) groups excluding carboxylic acids is 1. The van der Waals surface area contributed by atoms with Gasteiger partial charge in [-0.25, -0.2) is 18.1 Å². The summed E-state index contributed by atoms with van der Waals surface area (Å²) >= 11 is 0. The molecule has 0 aliphatic heterocycles. The Bertz CT molecular complexity index is 1580. The van der Waals surface area contributed by atoms with Crippen LogP contribution in [0.5, 0.6) is 5.75 Å². The Labute approximate surface area is 207 Å². The van der Waals surface area contributed by atoms with Crippen LogP contribution in [0.15, 0.2) is 52.3 Å². The Morgan fingerprint density at radius 1 is 1.17 bits per heavy atom. The van der Waals surface area contributed by atoms with E-state index in [-0.39, 0.29) is 22.0 Å². The third kappa shape index (κ3) is 4.98. The SMILES string of the molecule is CCCOc1ccc(S(=O)(=O)NC(=O)c2ccccn2)cc1-c1nc2c(CCC)nn(C)c2c(=O)[nH]1. The Morgan fingerprint density at radius 3 is 2.67 bits per heavy atom. The summed E-state index contributed by atoms with van der Waals surface area (Å²) < 4.78 is 35.4. The second-order valence-electron chi connectivity index (χ2n) is 8.09. The second kappa shape index (κ2) is 10.3. The molecule has 0 aliphatic rings. The van der Waals surface area contributed by atoms with Gasteiger partial charge in [-0.05, 0) is 43.2 Å². The molecule has 36 heavy (non-hydrogen) atoms. The highest BCUT2D eigenvalue weighted by Gasteiger charge is 2.23. The molecule has 0 aliphatic carbocycles. The van der Waals surface area contributed by atoms with E-state index < -0.39 is 21.5 Å². The minimum atomic E-state index is -4.27. The highest BCUT2D eigenvalue weighted by molar-refractivity contribution is 7.90. The number of ether oxygens (including phenoxy) is 1. The highest BCUT2D eigenvalue weighted by Crippen LogP contribution is 2.31. The minimum Gasteiger partial charge on any atom is -0.493 e. The Hall–Kier alpha value is -4.06. The van der Waals surface area contributed by atoms with Crippen molar-refractivity contribution >= 4 is 27.0 Å². The molecular formula is C24H26N6O5S. The molecule has 0 saturated carbocycles. The number of sulfonamides is 1. The number of carbonyl (C=O) groups is 1. The Kier molecular flexibility index (Phi) is 7.15. The quantitative estimate of drug-likeness (QED) is 0.349. The van der Waals surface area contributed by atoms with Crippen molar-refractivity contribution in [1.29, 1.82) is 0 Å². The molecule has 1 aromatic carbocycles. The Balaban J connectivity index is 1.82.